The molecule has 1 heterocycles. The lowest BCUT2D eigenvalue weighted by molar-refractivity contribution is -0.275. The van der Waals surface area contributed by atoms with Crippen LogP contribution in [-0.2, 0) is 6.61 Å². The van der Waals surface area contributed by atoms with Gasteiger partial charge in [0.1, 0.15) is 18.7 Å². The predicted octanol–water partition coefficient (Wildman–Crippen LogP) is 2.26. The number of nitrogens with two attached hydrogens (primary N) is 1. The van der Waals surface area contributed by atoms with Crippen LogP contribution >= 0.6 is 0 Å². The number of hydrogen-bond acceptors (Lipinski definition) is 6. The van der Waals surface area contributed by atoms with Crippen molar-refractivity contribution in [3.63, 3.8) is 0 Å². The van der Waals surface area contributed by atoms with Gasteiger partial charge in [-0.2, -0.15) is 0 Å². The van der Waals surface area contributed by atoms with Gasteiger partial charge in [0.2, 0.25) is 0 Å². The van der Waals surface area contributed by atoms with Crippen molar-refractivity contribution in [3.05, 3.63) is 42.0 Å². The number of nitrogens with zero attached hydrogens (tertiary/aromatic N) is 2. The summed E-state index contributed by atoms with van der Waals surface area (Å²) in [5, 5.41) is 2.30. The zero-order valence-corrected chi connectivity index (χ0v) is 12.9. The summed E-state index contributed by atoms with van der Waals surface area (Å²) in [6.45, 7) is 1.32. The first-order chi connectivity index (χ1) is 11.8. The standard InChI is InChI=1S/C14H14F3N5O3/c1-8-12(5-19-7-20-8)24-6-9-10(21-13(23)22-18)3-2-4-11(9)25-14(15,16)17/h2-5,7H,6,18H2,1H3,(H2,21,22,23). The van der Waals surface area contributed by atoms with Crippen molar-refractivity contribution in [1.82, 2.24) is 15.4 Å². The number of hydrazine groups is 1. The Kier molecular flexibility index (Phi) is 5.60. The molecule has 1 aromatic heterocycles. The van der Waals surface area contributed by atoms with Crippen LogP contribution in [0.4, 0.5) is 23.7 Å². The first kappa shape index (κ1) is 18.3. The molecule has 8 nitrogen and oxygen atoms in total. The Morgan fingerprint density at radius 1 is 1.32 bits per heavy atom. The zero-order valence-electron chi connectivity index (χ0n) is 12.9. The number of carbonyl (C=O) groups is 1. The molecule has 0 spiro atoms. The van der Waals surface area contributed by atoms with Gasteiger partial charge in [0.25, 0.3) is 0 Å². The molecular weight excluding hydrogens is 343 g/mol. The van der Waals surface area contributed by atoms with E-state index in [4.69, 9.17) is 10.6 Å². The highest BCUT2D eigenvalue weighted by Gasteiger charge is 2.32. The second-order valence-corrected chi connectivity index (χ2v) is 4.69. The molecule has 0 radical (unpaired) electrons. The molecular formula is C14H14F3N5O3. The van der Waals surface area contributed by atoms with E-state index in [1.807, 2.05) is 5.43 Å². The van der Waals surface area contributed by atoms with Crippen molar-refractivity contribution in [2.45, 2.75) is 19.9 Å². The quantitative estimate of drug-likeness (QED) is 0.430. The summed E-state index contributed by atoms with van der Waals surface area (Å²) < 4.78 is 47.3. The van der Waals surface area contributed by atoms with E-state index in [0.717, 1.165) is 6.07 Å². The van der Waals surface area contributed by atoms with Crippen LogP contribution in [0.2, 0.25) is 0 Å². The van der Waals surface area contributed by atoms with Gasteiger partial charge in [0.15, 0.2) is 5.75 Å². The third-order valence-corrected chi connectivity index (χ3v) is 2.98. The van der Waals surface area contributed by atoms with Crippen LogP contribution in [0, 0.1) is 6.92 Å². The van der Waals surface area contributed by atoms with Crippen molar-refractivity contribution >= 4 is 11.7 Å². The molecule has 2 amide bonds. The third-order valence-electron chi connectivity index (χ3n) is 2.98. The molecule has 2 aromatic rings. The number of hydrogen-bond donors (Lipinski definition) is 3. The fourth-order valence-corrected chi connectivity index (χ4v) is 1.88. The minimum atomic E-state index is -4.91. The van der Waals surface area contributed by atoms with Crippen LogP contribution in [0.5, 0.6) is 11.5 Å². The van der Waals surface area contributed by atoms with E-state index in [1.54, 1.807) is 6.92 Å². The van der Waals surface area contributed by atoms with E-state index in [1.165, 1.54) is 24.7 Å². The summed E-state index contributed by atoms with van der Waals surface area (Å²) >= 11 is 0. The molecule has 0 aliphatic heterocycles. The van der Waals surface area contributed by atoms with Crippen LogP contribution in [0.1, 0.15) is 11.3 Å². The fraction of sp³-hybridized carbons (Fsp3) is 0.214. The van der Waals surface area contributed by atoms with Gasteiger partial charge >= 0.3 is 12.4 Å². The van der Waals surface area contributed by atoms with E-state index in [-0.39, 0.29) is 23.6 Å². The number of alkyl halides is 3. The van der Waals surface area contributed by atoms with E-state index in [0.29, 0.717) is 5.69 Å². The summed E-state index contributed by atoms with van der Waals surface area (Å²) in [5.41, 5.74) is 2.32. The Hall–Kier alpha value is -3.08. The van der Waals surface area contributed by atoms with Crippen LogP contribution in [0.25, 0.3) is 0 Å². The van der Waals surface area contributed by atoms with E-state index in [9.17, 15) is 18.0 Å². The number of halogens is 3. The largest absolute Gasteiger partial charge is 0.573 e. The fourth-order valence-electron chi connectivity index (χ4n) is 1.88. The van der Waals surface area contributed by atoms with Crippen molar-refractivity contribution in [1.29, 1.82) is 0 Å². The summed E-state index contributed by atoms with van der Waals surface area (Å²) in [6, 6.07) is 2.95. The van der Waals surface area contributed by atoms with Gasteiger partial charge in [-0.1, -0.05) is 6.07 Å². The third kappa shape index (κ3) is 5.21. The van der Waals surface area contributed by atoms with Gasteiger partial charge in [0.05, 0.1) is 23.1 Å². The number of benzene rings is 1. The van der Waals surface area contributed by atoms with Crippen molar-refractivity contribution < 1.29 is 27.4 Å². The molecule has 0 unspecified atom stereocenters. The number of ether oxygens (including phenoxy) is 2. The maximum atomic E-state index is 12.6. The summed E-state index contributed by atoms with van der Waals surface area (Å²) in [7, 11) is 0. The first-order valence-electron chi connectivity index (χ1n) is 6.85. The molecule has 0 bridgehead atoms. The number of urea groups is 1. The number of rotatable bonds is 5. The number of aryl methyl sites for hydroxylation is 1. The van der Waals surface area contributed by atoms with Gasteiger partial charge in [-0.05, 0) is 19.1 Å². The minimum absolute atomic E-state index is 0.0355. The normalized spacial score (nSPS) is 10.9. The lowest BCUT2D eigenvalue weighted by atomic mass is 10.1. The average Bonchev–Trinajstić information content (AvgIpc) is 2.54. The number of nitrogens with one attached hydrogen (secondary N) is 2. The molecule has 0 atom stereocenters. The van der Waals surface area contributed by atoms with Gasteiger partial charge in [-0.25, -0.2) is 20.6 Å². The highest BCUT2D eigenvalue weighted by molar-refractivity contribution is 5.90. The Morgan fingerprint density at radius 2 is 2.08 bits per heavy atom. The Bertz CT molecular complexity index is 755. The Morgan fingerprint density at radius 3 is 2.72 bits per heavy atom. The number of aromatic nitrogens is 2. The maximum Gasteiger partial charge on any atom is 0.573 e. The molecule has 0 fully saturated rings. The average molecular weight is 357 g/mol. The SMILES string of the molecule is Cc1ncncc1OCc1c(NC(=O)NN)cccc1OC(F)(F)F. The smallest absolute Gasteiger partial charge is 0.485 e. The molecule has 0 saturated carbocycles. The molecule has 134 valence electrons. The van der Waals surface area contributed by atoms with Gasteiger partial charge in [0, 0.05) is 0 Å². The minimum Gasteiger partial charge on any atom is -0.485 e. The molecule has 0 aliphatic carbocycles. The monoisotopic (exact) mass is 357 g/mol. The summed E-state index contributed by atoms with van der Waals surface area (Å²) in [6.07, 6.45) is -2.23. The molecule has 1 aromatic carbocycles. The first-order valence-corrected chi connectivity index (χ1v) is 6.85. The molecule has 11 heteroatoms. The highest BCUT2D eigenvalue weighted by Crippen LogP contribution is 2.32. The van der Waals surface area contributed by atoms with E-state index >= 15 is 0 Å². The van der Waals surface area contributed by atoms with Crippen LogP contribution in [0.3, 0.4) is 0 Å². The predicted molar refractivity (Wildman–Crippen MR) is 80.6 cm³/mol. The van der Waals surface area contributed by atoms with Crippen LogP contribution in [0.15, 0.2) is 30.7 Å². The number of carbonyl (C=O) groups excluding carboxylic acids is 1. The zero-order chi connectivity index (χ0) is 18.4. The van der Waals surface area contributed by atoms with Crippen LogP contribution < -0.4 is 26.1 Å². The maximum absolute atomic E-state index is 12.6. The van der Waals surface area contributed by atoms with Crippen molar-refractivity contribution in [3.8, 4) is 11.5 Å². The van der Waals surface area contributed by atoms with Crippen molar-refractivity contribution in [2.75, 3.05) is 5.32 Å². The van der Waals surface area contributed by atoms with Crippen LogP contribution in [-0.4, -0.2) is 22.4 Å². The number of amides is 2. The van der Waals surface area contributed by atoms with E-state index < -0.39 is 18.1 Å². The molecule has 25 heavy (non-hydrogen) atoms. The second kappa shape index (κ2) is 7.66. The second-order valence-electron chi connectivity index (χ2n) is 4.69. The van der Waals surface area contributed by atoms with E-state index in [2.05, 4.69) is 20.0 Å². The van der Waals surface area contributed by atoms with Gasteiger partial charge in [-0.3, -0.25) is 5.43 Å². The highest BCUT2D eigenvalue weighted by atomic mass is 19.4. The number of anilines is 1. The van der Waals surface area contributed by atoms with Gasteiger partial charge < -0.3 is 14.8 Å². The lowest BCUT2D eigenvalue weighted by Crippen LogP contribution is -2.34. The topological polar surface area (TPSA) is 111 Å². The summed E-state index contributed by atoms with van der Waals surface area (Å²) in [4.78, 5) is 19.1. The Labute approximate surface area is 140 Å². The molecule has 0 saturated heterocycles. The lowest BCUT2D eigenvalue weighted by Gasteiger charge is -2.17. The molecule has 4 N–H and O–H groups in total. The Balaban J connectivity index is 2.33. The van der Waals surface area contributed by atoms with Crippen molar-refractivity contribution in [2.24, 2.45) is 5.84 Å². The molecule has 2 rings (SSSR count). The summed E-state index contributed by atoms with van der Waals surface area (Å²) in [5.74, 6) is 4.73. The molecule has 0 aliphatic rings. The van der Waals surface area contributed by atoms with Gasteiger partial charge in [-0.15, -0.1) is 13.2 Å².